The number of nitrogens with zero attached hydrogens (tertiary/aromatic N) is 4. The van der Waals surface area contributed by atoms with Crippen LogP contribution in [0, 0.1) is 5.92 Å². The van der Waals surface area contributed by atoms with Gasteiger partial charge >= 0.3 is 0 Å². The molecule has 0 radical (unpaired) electrons. The summed E-state index contributed by atoms with van der Waals surface area (Å²) < 4.78 is 0. The second-order valence-electron chi connectivity index (χ2n) is 4.76. The molecular weight excluding hydrogens is 238 g/mol. The van der Waals surface area contributed by atoms with Crippen LogP contribution in [0.1, 0.15) is 18.3 Å². The maximum Gasteiger partial charge on any atom is 0.175 e. The van der Waals surface area contributed by atoms with Crippen molar-refractivity contribution in [2.24, 2.45) is 13.0 Å². The Labute approximate surface area is 114 Å². The number of hydrogen-bond acceptors (Lipinski definition) is 4. The summed E-state index contributed by atoms with van der Waals surface area (Å²) in [6.07, 6.45) is 1.89. The van der Waals surface area contributed by atoms with Crippen LogP contribution in [0.25, 0.3) is 0 Å². The van der Waals surface area contributed by atoms with Gasteiger partial charge in [-0.2, -0.15) is 4.80 Å². The van der Waals surface area contributed by atoms with Crippen molar-refractivity contribution >= 4 is 0 Å². The number of tetrazole rings is 1. The van der Waals surface area contributed by atoms with Crippen molar-refractivity contribution in [2.45, 2.75) is 19.8 Å². The van der Waals surface area contributed by atoms with Crippen LogP contribution in [0.15, 0.2) is 30.3 Å². The van der Waals surface area contributed by atoms with Gasteiger partial charge in [0.2, 0.25) is 0 Å². The number of nitrogens with one attached hydrogen (secondary N) is 1. The zero-order valence-electron chi connectivity index (χ0n) is 11.6. The Hall–Kier alpha value is -1.75. The smallest absolute Gasteiger partial charge is 0.175 e. The third kappa shape index (κ3) is 4.44. The molecule has 1 N–H and O–H groups in total. The highest BCUT2D eigenvalue weighted by molar-refractivity contribution is 5.15. The van der Waals surface area contributed by atoms with Crippen LogP contribution >= 0.6 is 0 Å². The summed E-state index contributed by atoms with van der Waals surface area (Å²) in [5, 5.41) is 15.7. The van der Waals surface area contributed by atoms with Crippen molar-refractivity contribution in [2.75, 3.05) is 13.1 Å². The highest BCUT2D eigenvalue weighted by Crippen LogP contribution is 2.11. The molecule has 0 saturated heterocycles. The van der Waals surface area contributed by atoms with Crippen LogP contribution in [0.2, 0.25) is 0 Å². The fraction of sp³-hybridized carbons (Fsp3) is 0.500. The van der Waals surface area contributed by atoms with Crippen molar-refractivity contribution in [3.63, 3.8) is 0 Å². The Morgan fingerprint density at radius 2 is 2.00 bits per heavy atom. The van der Waals surface area contributed by atoms with E-state index in [2.05, 4.69) is 51.9 Å². The Balaban J connectivity index is 1.99. The zero-order valence-corrected chi connectivity index (χ0v) is 11.6. The zero-order chi connectivity index (χ0) is 13.5. The van der Waals surface area contributed by atoms with Gasteiger partial charge in [-0.3, -0.25) is 0 Å². The highest BCUT2D eigenvalue weighted by atomic mass is 15.6. The second-order valence-corrected chi connectivity index (χ2v) is 4.76. The lowest BCUT2D eigenvalue weighted by atomic mass is 9.96. The maximum atomic E-state index is 4.27. The minimum Gasteiger partial charge on any atom is -0.317 e. The average molecular weight is 259 g/mol. The predicted molar refractivity (Wildman–Crippen MR) is 74.7 cm³/mol. The molecule has 5 nitrogen and oxygen atoms in total. The lowest BCUT2D eigenvalue weighted by molar-refractivity contribution is 0.467. The van der Waals surface area contributed by atoms with Crippen LogP contribution in [0.5, 0.6) is 0 Å². The number of aryl methyl sites for hydroxylation is 1. The van der Waals surface area contributed by atoms with Crippen molar-refractivity contribution in [1.29, 1.82) is 0 Å². The number of hydrogen-bond donors (Lipinski definition) is 1. The van der Waals surface area contributed by atoms with Crippen LogP contribution in [-0.2, 0) is 19.9 Å². The van der Waals surface area contributed by atoms with Crippen molar-refractivity contribution in [3.8, 4) is 0 Å². The molecule has 0 aliphatic rings. The normalized spacial score (nSPS) is 12.5. The van der Waals surface area contributed by atoms with Gasteiger partial charge in [0.15, 0.2) is 5.82 Å². The van der Waals surface area contributed by atoms with Gasteiger partial charge in [-0.05, 0) is 36.2 Å². The molecular formula is C14H21N5. The molecule has 0 fully saturated rings. The summed E-state index contributed by atoms with van der Waals surface area (Å²) in [4.78, 5) is 1.52. The summed E-state index contributed by atoms with van der Waals surface area (Å²) in [5.74, 6) is 1.31. The van der Waals surface area contributed by atoms with Gasteiger partial charge in [0, 0.05) is 6.42 Å². The number of benzene rings is 1. The monoisotopic (exact) mass is 259 g/mol. The second kappa shape index (κ2) is 6.99. The first-order chi connectivity index (χ1) is 9.28. The van der Waals surface area contributed by atoms with Crippen LogP contribution in [0.3, 0.4) is 0 Å². The summed E-state index contributed by atoms with van der Waals surface area (Å²) in [7, 11) is 1.80. The third-order valence-electron chi connectivity index (χ3n) is 3.07. The Morgan fingerprint density at radius 3 is 2.63 bits per heavy atom. The van der Waals surface area contributed by atoms with Crippen LogP contribution in [-0.4, -0.2) is 33.3 Å². The van der Waals surface area contributed by atoms with Gasteiger partial charge < -0.3 is 5.32 Å². The molecule has 1 aromatic carbocycles. The minimum atomic E-state index is 0.492. The van der Waals surface area contributed by atoms with Crippen molar-refractivity contribution < 1.29 is 0 Å². The predicted octanol–water partition coefficient (Wildman–Crippen LogP) is 1.22. The number of rotatable bonds is 7. The first-order valence-corrected chi connectivity index (χ1v) is 6.75. The lowest BCUT2D eigenvalue weighted by Crippen LogP contribution is -2.26. The van der Waals surface area contributed by atoms with Crippen LogP contribution in [0.4, 0.5) is 0 Å². The van der Waals surface area contributed by atoms with E-state index in [-0.39, 0.29) is 0 Å². The fourth-order valence-corrected chi connectivity index (χ4v) is 2.18. The molecule has 0 spiro atoms. The largest absolute Gasteiger partial charge is 0.317 e. The summed E-state index contributed by atoms with van der Waals surface area (Å²) >= 11 is 0. The molecule has 0 aliphatic heterocycles. The van der Waals surface area contributed by atoms with Gasteiger partial charge in [-0.15, -0.1) is 10.2 Å². The maximum absolute atomic E-state index is 4.27. The first-order valence-electron chi connectivity index (χ1n) is 6.75. The topological polar surface area (TPSA) is 55.6 Å². The fourth-order valence-electron chi connectivity index (χ4n) is 2.18. The molecule has 0 bridgehead atoms. The van der Waals surface area contributed by atoms with E-state index < -0.39 is 0 Å². The molecule has 5 heteroatoms. The molecule has 1 unspecified atom stereocenters. The summed E-state index contributed by atoms with van der Waals surface area (Å²) in [6.45, 7) is 4.09. The first kappa shape index (κ1) is 13.7. The van der Waals surface area contributed by atoms with E-state index >= 15 is 0 Å². The minimum absolute atomic E-state index is 0.492. The molecule has 1 heterocycles. The van der Waals surface area contributed by atoms with Crippen molar-refractivity contribution in [3.05, 3.63) is 41.7 Å². The van der Waals surface area contributed by atoms with Crippen molar-refractivity contribution in [1.82, 2.24) is 25.5 Å². The van der Waals surface area contributed by atoms with E-state index in [0.717, 1.165) is 31.8 Å². The van der Waals surface area contributed by atoms with E-state index in [0.29, 0.717) is 5.92 Å². The molecule has 0 saturated carbocycles. The standard InChI is InChI=1S/C14H21N5/c1-3-15-11-13(9-12-7-5-4-6-8-12)10-14-16-18-19(2)17-14/h4-8,13,15H,3,9-11H2,1-2H3. The van der Waals surface area contributed by atoms with E-state index in [9.17, 15) is 0 Å². The number of aromatic nitrogens is 4. The lowest BCUT2D eigenvalue weighted by Gasteiger charge is -2.15. The Bertz CT molecular complexity index is 480. The van der Waals surface area contributed by atoms with Gasteiger partial charge in [0.05, 0.1) is 7.05 Å². The van der Waals surface area contributed by atoms with E-state index in [1.165, 1.54) is 10.4 Å². The highest BCUT2D eigenvalue weighted by Gasteiger charge is 2.13. The Morgan fingerprint density at radius 1 is 1.21 bits per heavy atom. The SMILES string of the molecule is CCNCC(Cc1ccccc1)Cc1nnn(C)n1. The molecule has 1 aromatic heterocycles. The van der Waals surface area contributed by atoms with Crippen LogP contribution < -0.4 is 5.32 Å². The van der Waals surface area contributed by atoms with Gasteiger partial charge in [-0.1, -0.05) is 37.3 Å². The molecule has 0 aliphatic carbocycles. The molecule has 1 atom stereocenters. The molecule has 102 valence electrons. The van der Waals surface area contributed by atoms with Gasteiger partial charge in [-0.25, -0.2) is 0 Å². The summed E-state index contributed by atoms with van der Waals surface area (Å²) in [6, 6.07) is 10.6. The van der Waals surface area contributed by atoms with E-state index in [4.69, 9.17) is 0 Å². The van der Waals surface area contributed by atoms with E-state index in [1.807, 2.05) is 6.07 Å². The summed E-state index contributed by atoms with van der Waals surface area (Å²) in [5.41, 5.74) is 1.36. The van der Waals surface area contributed by atoms with E-state index in [1.54, 1.807) is 7.05 Å². The average Bonchev–Trinajstić information content (AvgIpc) is 2.82. The molecule has 2 aromatic rings. The van der Waals surface area contributed by atoms with Gasteiger partial charge in [0.25, 0.3) is 0 Å². The third-order valence-corrected chi connectivity index (χ3v) is 3.07. The Kier molecular flexibility index (Phi) is 5.03. The van der Waals surface area contributed by atoms with Gasteiger partial charge in [0.1, 0.15) is 0 Å². The molecule has 0 amide bonds. The quantitative estimate of drug-likeness (QED) is 0.812. The molecule has 2 rings (SSSR count). The molecule has 19 heavy (non-hydrogen) atoms.